The highest BCUT2D eigenvalue weighted by molar-refractivity contribution is 7.89. The van der Waals surface area contributed by atoms with Gasteiger partial charge >= 0.3 is 0 Å². The Labute approximate surface area is 170 Å². The second-order valence-electron chi connectivity index (χ2n) is 7.77. The zero-order chi connectivity index (χ0) is 20.8. The molecule has 1 saturated carbocycles. The summed E-state index contributed by atoms with van der Waals surface area (Å²) in [5.41, 5.74) is 9.97. The molecule has 2 aliphatic rings. The molecule has 0 bridgehead atoms. The smallest absolute Gasteiger partial charge is 0.244 e. The van der Waals surface area contributed by atoms with Crippen LogP contribution >= 0.6 is 0 Å². The van der Waals surface area contributed by atoms with Gasteiger partial charge in [0.1, 0.15) is 0 Å². The molecule has 1 amide bonds. The lowest BCUT2D eigenvalue weighted by molar-refractivity contribution is -0.121. The molecule has 1 aliphatic carbocycles. The van der Waals surface area contributed by atoms with Crippen molar-refractivity contribution in [3.63, 3.8) is 0 Å². The summed E-state index contributed by atoms with van der Waals surface area (Å²) in [5.74, 6) is -0.456. The Kier molecular flexibility index (Phi) is 4.71. The molecule has 2 aromatic carbocycles. The van der Waals surface area contributed by atoms with Gasteiger partial charge in [-0.05, 0) is 42.0 Å². The minimum atomic E-state index is -3.57. The fourth-order valence-corrected chi connectivity index (χ4v) is 4.17. The van der Waals surface area contributed by atoms with Gasteiger partial charge in [0, 0.05) is 0 Å². The SMILES string of the molecule is CC1=NOC(c2ccc(-c3ccc(C4(C(=O)NS(C)(=O)=O)CC4)cc3)cc2)C1N. The summed E-state index contributed by atoms with van der Waals surface area (Å²) < 4.78 is 24.9. The van der Waals surface area contributed by atoms with Crippen LogP contribution in [0.25, 0.3) is 11.1 Å². The van der Waals surface area contributed by atoms with E-state index in [1.54, 1.807) is 0 Å². The van der Waals surface area contributed by atoms with Crippen molar-refractivity contribution in [1.29, 1.82) is 0 Å². The molecule has 2 aromatic rings. The molecule has 29 heavy (non-hydrogen) atoms. The van der Waals surface area contributed by atoms with Crippen LogP contribution < -0.4 is 10.5 Å². The number of hydrogen-bond donors (Lipinski definition) is 2. The van der Waals surface area contributed by atoms with Crippen molar-refractivity contribution in [3.05, 3.63) is 59.7 Å². The van der Waals surface area contributed by atoms with Crippen LogP contribution in [0.15, 0.2) is 53.7 Å². The van der Waals surface area contributed by atoms with E-state index in [0.29, 0.717) is 12.8 Å². The summed E-state index contributed by atoms with van der Waals surface area (Å²) >= 11 is 0. The summed E-state index contributed by atoms with van der Waals surface area (Å²) in [4.78, 5) is 17.8. The molecule has 4 rings (SSSR count). The third-order valence-electron chi connectivity index (χ3n) is 5.59. The highest BCUT2D eigenvalue weighted by Crippen LogP contribution is 2.48. The fraction of sp³-hybridized carbons (Fsp3) is 0.333. The summed E-state index contributed by atoms with van der Waals surface area (Å²) in [6.45, 7) is 1.85. The molecule has 8 heteroatoms. The molecular formula is C21H23N3O4S. The highest BCUT2D eigenvalue weighted by Gasteiger charge is 2.52. The zero-order valence-electron chi connectivity index (χ0n) is 16.3. The van der Waals surface area contributed by atoms with E-state index in [9.17, 15) is 13.2 Å². The Hall–Kier alpha value is -2.71. The van der Waals surface area contributed by atoms with E-state index in [1.807, 2.05) is 55.5 Å². The third kappa shape index (κ3) is 3.77. The molecule has 1 fully saturated rings. The molecule has 152 valence electrons. The summed E-state index contributed by atoms with van der Waals surface area (Å²) in [6.07, 6.45) is 2.01. The van der Waals surface area contributed by atoms with E-state index < -0.39 is 21.3 Å². The van der Waals surface area contributed by atoms with E-state index in [2.05, 4.69) is 9.88 Å². The monoisotopic (exact) mass is 413 g/mol. The molecule has 1 heterocycles. The largest absolute Gasteiger partial charge is 0.386 e. The minimum Gasteiger partial charge on any atom is -0.386 e. The number of benzene rings is 2. The van der Waals surface area contributed by atoms with Crippen LogP contribution in [-0.2, 0) is 25.1 Å². The van der Waals surface area contributed by atoms with Crippen LogP contribution in [0.4, 0.5) is 0 Å². The number of carbonyl (C=O) groups excluding carboxylic acids is 1. The van der Waals surface area contributed by atoms with Crippen LogP contribution in [0.5, 0.6) is 0 Å². The molecule has 0 spiro atoms. The van der Waals surface area contributed by atoms with E-state index >= 15 is 0 Å². The number of sulfonamides is 1. The van der Waals surface area contributed by atoms with Crippen molar-refractivity contribution in [3.8, 4) is 11.1 Å². The second-order valence-corrected chi connectivity index (χ2v) is 9.52. The van der Waals surface area contributed by atoms with Crippen molar-refractivity contribution in [1.82, 2.24) is 4.72 Å². The van der Waals surface area contributed by atoms with E-state index in [-0.39, 0.29) is 12.1 Å². The van der Waals surface area contributed by atoms with Gasteiger partial charge in [-0.3, -0.25) is 9.52 Å². The number of rotatable bonds is 5. The first kappa shape index (κ1) is 19.6. The maximum atomic E-state index is 12.4. The Balaban J connectivity index is 1.51. The Morgan fingerprint density at radius 1 is 1.10 bits per heavy atom. The number of nitrogens with one attached hydrogen (secondary N) is 1. The molecular weight excluding hydrogens is 390 g/mol. The molecule has 3 N–H and O–H groups in total. The molecule has 2 atom stereocenters. The predicted octanol–water partition coefficient (Wildman–Crippen LogP) is 2.24. The van der Waals surface area contributed by atoms with Gasteiger partial charge < -0.3 is 10.6 Å². The number of hydrogen-bond acceptors (Lipinski definition) is 6. The number of amides is 1. The first-order valence-corrected chi connectivity index (χ1v) is 11.3. The maximum Gasteiger partial charge on any atom is 0.244 e. The van der Waals surface area contributed by atoms with Gasteiger partial charge in [0.05, 0.1) is 23.4 Å². The maximum absolute atomic E-state index is 12.4. The molecule has 0 radical (unpaired) electrons. The summed E-state index contributed by atoms with van der Waals surface area (Å²) in [6, 6.07) is 15.4. The molecule has 7 nitrogen and oxygen atoms in total. The van der Waals surface area contributed by atoms with Crippen LogP contribution in [0.1, 0.15) is 37.0 Å². The van der Waals surface area contributed by atoms with Crippen LogP contribution in [0.2, 0.25) is 0 Å². The third-order valence-corrected chi connectivity index (χ3v) is 6.15. The van der Waals surface area contributed by atoms with Gasteiger partial charge in [-0.25, -0.2) is 8.42 Å². The second kappa shape index (κ2) is 6.96. The first-order valence-electron chi connectivity index (χ1n) is 9.39. The first-order chi connectivity index (χ1) is 13.7. The van der Waals surface area contributed by atoms with Gasteiger partial charge in [0.2, 0.25) is 15.9 Å². The average molecular weight is 413 g/mol. The molecule has 1 aliphatic heterocycles. The van der Waals surface area contributed by atoms with Crippen molar-refractivity contribution >= 4 is 21.6 Å². The van der Waals surface area contributed by atoms with Gasteiger partial charge in [-0.1, -0.05) is 53.7 Å². The minimum absolute atomic E-state index is 0.243. The van der Waals surface area contributed by atoms with E-state index in [1.165, 1.54) is 0 Å². The van der Waals surface area contributed by atoms with E-state index in [0.717, 1.165) is 34.2 Å². The number of oxime groups is 1. The number of nitrogens with two attached hydrogens (primary N) is 1. The van der Waals surface area contributed by atoms with Gasteiger partial charge in [0.25, 0.3) is 0 Å². The summed E-state index contributed by atoms with van der Waals surface area (Å²) in [7, 11) is -3.57. The van der Waals surface area contributed by atoms with Crippen LogP contribution in [0.3, 0.4) is 0 Å². The highest BCUT2D eigenvalue weighted by atomic mass is 32.2. The van der Waals surface area contributed by atoms with Crippen molar-refractivity contribution in [2.45, 2.75) is 37.3 Å². The summed E-state index contributed by atoms with van der Waals surface area (Å²) in [5, 5.41) is 3.95. The van der Waals surface area contributed by atoms with Gasteiger partial charge in [-0.15, -0.1) is 0 Å². The Morgan fingerprint density at radius 2 is 1.66 bits per heavy atom. The fourth-order valence-electron chi connectivity index (χ4n) is 3.64. The lowest BCUT2D eigenvalue weighted by Crippen LogP contribution is -2.38. The normalized spacial score (nSPS) is 22.5. The lowest BCUT2D eigenvalue weighted by atomic mass is 9.92. The van der Waals surface area contributed by atoms with E-state index in [4.69, 9.17) is 10.6 Å². The number of carbonyl (C=O) groups is 1. The molecule has 2 unspecified atom stereocenters. The quantitative estimate of drug-likeness (QED) is 0.781. The van der Waals surface area contributed by atoms with Crippen LogP contribution in [-0.4, -0.2) is 32.3 Å². The van der Waals surface area contributed by atoms with Crippen molar-refractivity contribution in [2.24, 2.45) is 10.9 Å². The van der Waals surface area contributed by atoms with Crippen LogP contribution in [0, 0.1) is 0 Å². The molecule has 0 saturated heterocycles. The topological polar surface area (TPSA) is 111 Å². The van der Waals surface area contributed by atoms with Gasteiger partial charge in [0.15, 0.2) is 6.10 Å². The van der Waals surface area contributed by atoms with Crippen molar-refractivity contribution in [2.75, 3.05) is 6.26 Å². The Morgan fingerprint density at radius 3 is 2.10 bits per heavy atom. The predicted molar refractivity (Wildman–Crippen MR) is 111 cm³/mol. The Bertz CT molecular complexity index is 1070. The molecule has 0 aromatic heterocycles. The standard InChI is InChI=1S/C21H23N3O4S/c1-13-18(22)19(28-23-13)16-5-3-14(4-6-16)15-7-9-17(10-8-15)21(11-12-21)20(25)24-29(2,26)27/h3-10,18-19H,11-12,22H2,1-2H3,(H,24,25). The zero-order valence-corrected chi connectivity index (χ0v) is 17.1. The van der Waals surface area contributed by atoms with Crippen molar-refractivity contribution < 1.29 is 18.0 Å². The lowest BCUT2D eigenvalue weighted by Gasteiger charge is -2.16. The van der Waals surface area contributed by atoms with Gasteiger partial charge in [-0.2, -0.15) is 0 Å². The number of nitrogens with zero attached hydrogens (tertiary/aromatic N) is 1. The average Bonchev–Trinajstić information content (AvgIpc) is 3.43.